The Labute approximate surface area is 110 Å². The van der Waals surface area contributed by atoms with E-state index in [2.05, 4.69) is 0 Å². The molecule has 0 unspecified atom stereocenters. The number of carbonyl (C=O) groups is 1. The van der Waals surface area contributed by atoms with Gasteiger partial charge in [-0.15, -0.1) is 11.3 Å². The lowest BCUT2D eigenvalue weighted by molar-refractivity contribution is 0.0643. The molecule has 1 saturated carbocycles. The third kappa shape index (κ3) is 2.81. The van der Waals surface area contributed by atoms with Crippen LogP contribution in [-0.2, 0) is 0 Å². The third-order valence-corrected chi connectivity index (χ3v) is 4.51. The Morgan fingerprint density at radius 2 is 2.24 bits per heavy atom. The number of aliphatic hydroxyl groups is 1. The largest absolute Gasteiger partial charge is 0.395 e. The highest BCUT2D eigenvalue weighted by Gasteiger charge is 2.28. The van der Waals surface area contributed by atoms with Gasteiger partial charge in [0.1, 0.15) is 4.88 Å². The number of amides is 1. The molecule has 1 aromatic rings. The van der Waals surface area contributed by atoms with Crippen molar-refractivity contribution in [3.05, 3.63) is 21.3 Å². The van der Waals surface area contributed by atoms with E-state index < -0.39 is 0 Å². The van der Waals surface area contributed by atoms with E-state index in [-0.39, 0.29) is 18.6 Å². The van der Waals surface area contributed by atoms with E-state index in [1.54, 1.807) is 11.0 Å². The van der Waals surface area contributed by atoms with E-state index in [0.717, 1.165) is 25.7 Å². The standard InChI is InChI=1S/C12H16ClNO2S/c13-10-5-8-17-11(10)12(16)14(6-7-15)9-3-1-2-4-9/h5,8-9,15H,1-4,6-7H2. The number of hydrogen-bond donors (Lipinski definition) is 1. The molecule has 5 heteroatoms. The molecule has 1 aromatic heterocycles. The number of aliphatic hydroxyl groups excluding tert-OH is 1. The molecule has 0 radical (unpaired) electrons. The van der Waals surface area contributed by atoms with Crippen LogP contribution in [0.2, 0.25) is 5.02 Å². The Balaban J connectivity index is 2.15. The lowest BCUT2D eigenvalue weighted by atomic mass is 10.2. The average Bonchev–Trinajstić information content (AvgIpc) is 2.95. The van der Waals surface area contributed by atoms with E-state index in [9.17, 15) is 4.79 Å². The second-order valence-corrected chi connectivity index (χ2v) is 5.58. The van der Waals surface area contributed by atoms with Crippen LogP contribution in [-0.4, -0.2) is 35.1 Å². The first kappa shape index (κ1) is 12.9. The summed E-state index contributed by atoms with van der Waals surface area (Å²) >= 11 is 7.35. The Bertz CT molecular complexity index is 388. The second-order valence-electron chi connectivity index (χ2n) is 4.26. The van der Waals surface area contributed by atoms with Gasteiger partial charge >= 0.3 is 0 Å². The van der Waals surface area contributed by atoms with Crippen molar-refractivity contribution in [3.63, 3.8) is 0 Å². The minimum absolute atomic E-state index is 0.00519. The van der Waals surface area contributed by atoms with Crippen molar-refractivity contribution in [3.8, 4) is 0 Å². The first-order chi connectivity index (χ1) is 8.24. The summed E-state index contributed by atoms with van der Waals surface area (Å²) in [4.78, 5) is 14.7. The molecule has 1 heterocycles. The zero-order chi connectivity index (χ0) is 12.3. The minimum atomic E-state index is -0.0362. The SMILES string of the molecule is O=C(c1sccc1Cl)N(CCO)C1CCCC1. The number of carbonyl (C=O) groups excluding carboxylic acids is 1. The summed E-state index contributed by atoms with van der Waals surface area (Å²) in [6.45, 7) is 0.406. The van der Waals surface area contributed by atoms with Gasteiger partial charge in [-0.3, -0.25) is 4.79 Å². The van der Waals surface area contributed by atoms with Gasteiger partial charge in [0.2, 0.25) is 0 Å². The lowest BCUT2D eigenvalue weighted by Crippen LogP contribution is -2.40. The van der Waals surface area contributed by atoms with Crippen molar-refractivity contribution in [1.82, 2.24) is 4.90 Å². The molecular weight excluding hydrogens is 258 g/mol. The van der Waals surface area contributed by atoms with Crippen LogP contribution in [0.5, 0.6) is 0 Å². The molecule has 1 aliphatic rings. The molecule has 0 saturated heterocycles. The second kappa shape index (κ2) is 5.85. The molecule has 0 spiro atoms. The maximum absolute atomic E-state index is 12.3. The first-order valence-electron chi connectivity index (χ1n) is 5.89. The third-order valence-electron chi connectivity index (χ3n) is 3.18. The average molecular weight is 274 g/mol. The minimum Gasteiger partial charge on any atom is -0.395 e. The molecule has 0 aliphatic heterocycles. The summed E-state index contributed by atoms with van der Waals surface area (Å²) in [5, 5.41) is 11.4. The fourth-order valence-electron chi connectivity index (χ4n) is 2.35. The van der Waals surface area contributed by atoms with Gasteiger partial charge in [0.15, 0.2) is 0 Å². The monoisotopic (exact) mass is 273 g/mol. The Morgan fingerprint density at radius 1 is 1.53 bits per heavy atom. The van der Waals surface area contributed by atoms with Crippen molar-refractivity contribution in [2.24, 2.45) is 0 Å². The highest BCUT2D eigenvalue weighted by Crippen LogP contribution is 2.28. The number of halogens is 1. The molecule has 94 valence electrons. The summed E-state index contributed by atoms with van der Waals surface area (Å²) in [6, 6.07) is 2.01. The van der Waals surface area contributed by atoms with Crippen molar-refractivity contribution < 1.29 is 9.90 Å². The lowest BCUT2D eigenvalue weighted by Gasteiger charge is -2.28. The van der Waals surface area contributed by atoms with Gasteiger partial charge < -0.3 is 10.0 Å². The molecule has 0 aromatic carbocycles. The van der Waals surface area contributed by atoms with Gasteiger partial charge in [0, 0.05) is 12.6 Å². The van der Waals surface area contributed by atoms with E-state index in [1.165, 1.54) is 11.3 Å². The van der Waals surface area contributed by atoms with Crippen LogP contribution in [0.4, 0.5) is 0 Å². The van der Waals surface area contributed by atoms with Gasteiger partial charge in [-0.05, 0) is 24.3 Å². The molecule has 1 N–H and O–H groups in total. The first-order valence-corrected chi connectivity index (χ1v) is 7.14. The van der Waals surface area contributed by atoms with Crippen molar-refractivity contribution in [2.45, 2.75) is 31.7 Å². The highest BCUT2D eigenvalue weighted by molar-refractivity contribution is 7.12. The number of nitrogens with zero attached hydrogens (tertiary/aromatic N) is 1. The van der Waals surface area contributed by atoms with E-state index in [0.29, 0.717) is 16.4 Å². The highest BCUT2D eigenvalue weighted by atomic mass is 35.5. The predicted molar refractivity (Wildman–Crippen MR) is 69.7 cm³/mol. The smallest absolute Gasteiger partial charge is 0.265 e. The zero-order valence-corrected chi connectivity index (χ0v) is 11.1. The van der Waals surface area contributed by atoms with Gasteiger partial charge in [0.25, 0.3) is 5.91 Å². The summed E-state index contributed by atoms with van der Waals surface area (Å²) in [5.41, 5.74) is 0. The molecule has 0 atom stereocenters. The summed E-state index contributed by atoms with van der Waals surface area (Å²) in [6.07, 6.45) is 4.40. The molecule has 17 heavy (non-hydrogen) atoms. The predicted octanol–water partition coefficient (Wildman–Crippen LogP) is 2.78. The molecular formula is C12H16ClNO2S. The van der Waals surface area contributed by atoms with E-state index in [4.69, 9.17) is 16.7 Å². The normalized spacial score (nSPS) is 16.4. The Morgan fingerprint density at radius 3 is 2.76 bits per heavy atom. The van der Waals surface area contributed by atoms with Gasteiger partial charge in [0.05, 0.1) is 11.6 Å². The fraction of sp³-hybridized carbons (Fsp3) is 0.583. The van der Waals surface area contributed by atoms with Crippen LogP contribution in [0, 0.1) is 0 Å². The van der Waals surface area contributed by atoms with Crippen molar-refractivity contribution in [1.29, 1.82) is 0 Å². The van der Waals surface area contributed by atoms with Crippen LogP contribution in [0.25, 0.3) is 0 Å². The Hall–Kier alpha value is -0.580. The van der Waals surface area contributed by atoms with Crippen LogP contribution < -0.4 is 0 Å². The maximum Gasteiger partial charge on any atom is 0.265 e. The number of thiophene rings is 1. The molecule has 0 bridgehead atoms. The van der Waals surface area contributed by atoms with Crippen molar-refractivity contribution in [2.75, 3.05) is 13.2 Å². The van der Waals surface area contributed by atoms with E-state index >= 15 is 0 Å². The molecule has 1 fully saturated rings. The van der Waals surface area contributed by atoms with Crippen molar-refractivity contribution >= 4 is 28.8 Å². The van der Waals surface area contributed by atoms with E-state index in [1.807, 2.05) is 5.38 Å². The van der Waals surface area contributed by atoms with Gasteiger partial charge in [-0.2, -0.15) is 0 Å². The van der Waals surface area contributed by atoms with Crippen LogP contribution in [0.15, 0.2) is 11.4 Å². The summed E-state index contributed by atoms with van der Waals surface area (Å²) in [7, 11) is 0. The van der Waals surface area contributed by atoms with Crippen LogP contribution in [0.3, 0.4) is 0 Å². The molecule has 1 aliphatic carbocycles. The summed E-state index contributed by atoms with van der Waals surface area (Å²) in [5.74, 6) is -0.0362. The molecule has 1 amide bonds. The van der Waals surface area contributed by atoms with Crippen LogP contribution >= 0.6 is 22.9 Å². The molecule has 2 rings (SSSR count). The van der Waals surface area contributed by atoms with Gasteiger partial charge in [-0.1, -0.05) is 24.4 Å². The topological polar surface area (TPSA) is 40.5 Å². The maximum atomic E-state index is 12.3. The quantitative estimate of drug-likeness (QED) is 0.916. The number of hydrogen-bond acceptors (Lipinski definition) is 3. The zero-order valence-electron chi connectivity index (χ0n) is 9.56. The summed E-state index contributed by atoms with van der Waals surface area (Å²) < 4.78 is 0. The number of rotatable bonds is 4. The van der Waals surface area contributed by atoms with Gasteiger partial charge in [-0.25, -0.2) is 0 Å². The Kier molecular flexibility index (Phi) is 4.42. The fourth-order valence-corrected chi connectivity index (χ4v) is 3.44. The molecule has 3 nitrogen and oxygen atoms in total. The van der Waals surface area contributed by atoms with Crippen LogP contribution in [0.1, 0.15) is 35.4 Å².